The van der Waals surface area contributed by atoms with Crippen molar-refractivity contribution in [3.8, 4) is 0 Å². The van der Waals surface area contributed by atoms with Gasteiger partial charge in [0, 0.05) is 67.8 Å². The van der Waals surface area contributed by atoms with Crippen LogP contribution in [-0.4, -0.2) is 91.2 Å². The summed E-state index contributed by atoms with van der Waals surface area (Å²) in [6.45, 7) is 32.3. The first-order valence-corrected chi connectivity index (χ1v) is 20.3. The maximum Gasteiger partial charge on any atom is 0.312 e. The number of guanidine groups is 1. The van der Waals surface area contributed by atoms with Gasteiger partial charge in [0.15, 0.2) is 5.96 Å². The van der Waals surface area contributed by atoms with E-state index >= 15 is 0 Å². The number of hydrogen-bond donors (Lipinski definition) is 6. The van der Waals surface area contributed by atoms with Crippen LogP contribution in [0.5, 0.6) is 0 Å². The van der Waals surface area contributed by atoms with Crippen molar-refractivity contribution < 1.29 is 32.1 Å². The Balaban J connectivity index is -0.0000000410. The maximum absolute atomic E-state index is 10.0. The fraction of sp³-hybridized carbons (Fsp3) is 0.875. The Hall–Kier alpha value is -2.26. The summed E-state index contributed by atoms with van der Waals surface area (Å²) in [7, 11) is -3.23. The third-order valence-electron chi connectivity index (χ3n) is 3.14. The molecule has 0 fully saturated rings. The van der Waals surface area contributed by atoms with Crippen molar-refractivity contribution >= 4 is 44.3 Å². The van der Waals surface area contributed by atoms with E-state index < -0.39 is 26.7 Å². The van der Waals surface area contributed by atoms with Gasteiger partial charge in [-0.25, -0.2) is 13.2 Å². The number of nitrogens with zero attached hydrogens (tertiary/aromatic N) is 1. The number of carbonyl (C=O) groups excluding carboxylic acids is 3. The molecule has 294 valence electrons. The van der Waals surface area contributed by atoms with Gasteiger partial charge in [-0.05, 0) is 41.0 Å². The minimum atomic E-state index is -2.66. The van der Waals surface area contributed by atoms with E-state index in [1.165, 1.54) is 26.0 Å². The van der Waals surface area contributed by atoms with Gasteiger partial charge in [0.2, 0.25) is 5.91 Å². The van der Waals surface area contributed by atoms with E-state index in [-0.39, 0.29) is 29.5 Å². The second kappa shape index (κ2) is 70.2. The van der Waals surface area contributed by atoms with Gasteiger partial charge in [-0.2, -0.15) is 0 Å². The van der Waals surface area contributed by atoms with Crippen molar-refractivity contribution in [2.75, 3.05) is 43.7 Å². The second-order valence-electron chi connectivity index (χ2n) is 8.68. The van der Waals surface area contributed by atoms with Gasteiger partial charge >= 0.3 is 6.03 Å². The van der Waals surface area contributed by atoms with E-state index in [2.05, 4.69) is 49.1 Å². The molecule has 2 unspecified atom stereocenters. The number of ketones is 1. The molecule has 13 nitrogen and oxygen atoms in total. The molecule has 3 amide bonds. The molecule has 0 radical (unpaired) electrons. The molecule has 15 heteroatoms. The van der Waals surface area contributed by atoms with Gasteiger partial charge in [-0.3, -0.25) is 14.0 Å². The molecule has 0 aromatic carbocycles. The van der Waals surface area contributed by atoms with E-state index in [0.29, 0.717) is 19.5 Å². The molecule has 0 bridgehead atoms. The fourth-order valence-electron chi connectivity index (χ4n) is 0.606. The summed E-state index contributed by atoms with van der Waals surface area (Å²) in [5, 5.41) is 13.3. The number of nitrogens with two attached hydrogens (primary N) is 3. The maximum atomic E-state index is 10.0. The van der Waals surface area contributed by atoms with Crippen LogP contribution in [0, 0.1) is 0 Å². The Bertz CT molecular complexity index is 701. The Morgan fingerprint density at radius 2 is 1.06 bits per heavy atom. The molecule has 0 saturated carbocycles. The van der Waals surface area contributed by atoms with Crippen LogP contribution in [0.2, 0.25) is 0 Å². The molecule has 0 aliphatic carbocycles. The molecule has 0 aliphatic heterocycles. The van der Waals surface area contributed by atoms with E-state index in [1.54, 1.807) is 27.0 Å². The van der Waals surface area contributed by atoms with Crippen LogP contribution >= 0.6 is 0 Å². The number of hydrogen-bond acceptors (Lipinski definition) is 8. The standard InChI is InChI=1S/C4H9NO.C4H10O.C4H8O.C3H9N3.C3H8N2O.C3H8O2S.C3H8OS.2C3H8.C2H6/c1-3-5-4(2)6;2*1-3-4(2)5;1-2-6-3(4)5;1-2-5-3(4)6;1-3-6(2,4)5;1-3-5(2)4;2*1-3-2;1-2/h3H2,1-2H3,(H,5,6);4-5H,3H2,1-2H3;3H2,1-2H3;2H2,1H3,(H4,4,5,6);2H2,1H3,(H3,4,5,6);3H2,1-2H3;3H2,1-2H3;2*3H2,1-2H3;1-2H3. The summed E-state index contributed by atoms with van der Waals surface area (Å²) >= 11 is 0. The van der Waals surface area contributed by atoms with Crippen molar-refractivity contribution in [3.05, 3.63) is 0 Å². The first-order chi connectivity index (χ1) is 21.5. The molecule has 0 rings (SSSR count). The largest absolute Gasteiger partial charge is 0.393 e. The number of sulfone groups is 1. The van der Waals surface area contributed by atoms with Crippen molar-refractivity contribution in [1.82, 2.24) is 10.6 Å². The predicted molar refractivity (Wildman–Crippen MR) is 210 cm³/mol. The lowest BCUT2D eigenvalue weighted by Gasteiger charge is -1.90. The SMILES string of the molecule is CC.CCC.CCC.CCC(C)=O.CCC(C)O.CCN=C(N)N.CCNC(C)=O.CCNC(N)=O.CCS(C)(=O)=O.CCS(C)=O. The highest BCUT2D eigenvalue weighted by Crippen LogP contribution is 1.81. The number of urea groups is 1. The van der Waals surface area contributed by atoms with Crippen LogP contribution in [0.15, 0.2) is 4.99 Å². The van der Waals surface area contributed by atoms with Gasteiger partial charge in [-0.15, -0.1) is 0 Å². The molecular formula is C32H82N6O7S2. The van der Waals surface area contributed by atoms with E-state index in [9.17, 15) is 27.0 Å². The minimum Gasteiger partial charge on any atom is -0.393 e. The molecule has 0 aromatic rings. The van der Waals surface area contributed by atoms with E-state index in [4.69, 9.17) is 16.6 Å². The molecule has 0 spiro atoms. The van der Waals surface area contributed by atoms with Gasteiger partial charge in [0.05, 0.1) is 6.10 Å². The molecular weight excluding hydrogens is 645 g/mol. The number of aliphatic imine (C=N–C) groups is 1. The van der Waals surface area contributed by atoms with Crippen LogP contribution in [0.3, 0.4) is 0 Å². The molecule has 2 atom stereocenters. The van der Waals surface area contributed by atoms with E-state index in [0.717, 1.165) is 18.7 Å². The van der Waals surface area contributed by atoms with E-state index in [1.807, 2.05) is 55.4 Å². The Morgan fingerprint density at radius 1 is 0.809 bits per heavy atom. The van der Waals surface area contributed by atoms with Crippen LogP contribution in [0.25, 0.3) is 0 Å². The summed E-state index contributed by atoms with van der Waals surface area (Å²) in [6.07, 6.45) is 6.82. The van der Waals surface area contributed by atoms with Crippen molar-refractivity contribution in [2.24, 2.45) is 22.2 Å². The number of amides is 3. The second-order valence-corrected chi connectivity index (χ2v) is 12.8. The zero-order valence-corrected chi connectivity index (χ0v) is 35.5. The zero-order chi connectivity index (χ0) is 40.4. The Labute approximate surface area is 294 Å². The highest BCUT2D eigenvalue weighted by molar-refractivity contribution is 7.90. The normalized spacial score (nSPS) is 9.26. The van der Waals surface area contributed by atoms with Gasteiger partial charge in [-0.1, -0.05) is 82.1 Å². The van der Waals surface area contributed by atoms with Crippen molar-refractivity contribution in [3.63, 3.8) is 0 Å². The fourth-order valence-corrected chi connectivity index (χ4v) is 0.606. The molecule has 0 aliphatic rings. The van der Waals surface area contributed by atoms with Gasteiger partial charge in [0.1, 0.15) is 15.6 Å². The minimum absolute atomic E-state index is 0.0394. The summed E-state index contributed by atoms with van der Waals surface area (Å²) in [4.78, 5) is 33.1. The first kappa shape index (κ1) is 70.9. The first-order valence-electron chi connectivity index (χ1n) is 16.5. The molecule has 0 saturated heterocycles. The molecule has 9 N–H and O–H groups in total. The lowest BCUT2D eigenvalue weighted by Crippen LogP contribution is -2.28. The van der Waals surface area contributed by atoms with Crippen molar-refractivity contribution in [2.45, 2.75) is 143 Å². The lowest BCUT2D eigenvalue weighted by atomic mass is 10.3. The summed E-state index contributed by atoms with van der Waals surface area (Å²) in [6, 6.07) is -0.461. The van der Waals surface area contributed by atoms with Crippen LogP contribution < -0.4 is 27.8 Å². The topological polar surface area (TPSA) is 237 Å². The van der Waals surface area contributed by atoms with Gasteiger partial charge in [0.25, 0.3) is 0 Å². The average Bonchev–Trinajstić information content (AvgIpc) is 2.96. The third-order valence-corrected chi connectivity index (χ3v) is 5.00. The quantitative estimate of drug-likeness (QED) is 0.150. The molecule has 0 heterocycles. The highest BCUT2D eigenvalue weighted by Gasteiger charge is 1.90. The monoisotopic (exact) mass is 727 g/mol. The van der Waals surface area contributed by atoms with Gasteiger partial charge < -0.3 is 37.7 Å². The number of carbonyl (C=O) groups is 3. The third kappa shape index (κ3) is 308. The number of Topliss-reactive ketones (excluding diaryl/α,β-unsaturated/α-hetero) is 1. The average molecular weight is 727 g/mol. The highest BCUT2D eigenvalue weighted by atomic mass is 32.2. The smallest absolute Gasteiger partial charge is 0.312 e. The number of aliphatic hydroxyl groups is 1. The summed E-state index contributed by atoms with van der Waals surface area (Å²) in [5.74, 6) is 1.48. The lowest BCUT2D eigenvalue weighted by molar-refractivity contribution is -0.119. The summed E-state index contributed by atoms with van der Waals surface area (Å²) in [5.41, 5.74) is 14.5. The van der Waals surface area contributed by atoms with Crippen LogP contribution in [0.1, 0.15) is 136 Å². The van der Waals surface area contributed by atoms with Crippen LogP contribution in [0.4, 0.5) is 4.79 Å². The molecule has 47 heavy (non-hydrogen) atoms. The number of primary amides is 1. The molecule has 0 aromatic heterocycles. The number of aliphatic hydroxyl groups excluding tert-OH is 1. The zero-order valence-electron chi connectivity index (χ0n) is 33.8. The Kier molecular flexibility index (Phi) is 106. The summed E-state index contributed by atoms with van der Waals surface area (Å²) < 4.78 is 29.9. The van der Waals surface area contributed by atoms with Crippen LogP contribution in [-0.2, 0) is 30.2 Å². The number of rotatable bonds is 7. The predicted octanol–water partition coefficient (Wildman–Crippen LogP) is 5.15. The Morgan fingerprint density at radius 3 is 1.06 bits per heavy atom. The van der Waals surface area contributed by atoms with Crippen molar-refractivity contribution in [1.29, 1.82) is 0 Å². The number of nitrogens with one attached hydrogen (secondary N) is 2.